The molecule has 2 aromatic rings. The van der Waals surface area contributed by atoms with Crippen molar-refractivity contribution in [2.24, 2.45) is 0 Å². The normalized spacial score (nSPS) is 17.4. The van der Waals surface area contributed by atoms with Crippen molar-refractivity contribution in [3.63, 3.8) is 0 Å². The van der Waals surface area contributed by atoms with Crippen LogP contribution in [0.25, 0.3) is 0 Å². The summed E-state index contributed by atoms with van der Waals surface area (Å²) < 4.78 is 67.0. The van der Waals surface area contributed by atoms with Crippen molar-refractivity contribution in [3.8, 4) is 0 Å². The van der Waals surface area contributed by atoms with Crippen LogP contribution in [0.15, 0.2) is 47.5 Å². The van der Waals surface area contributed by atoms with E-state index in [-0.39, 0.29) is 29.1 Å². The number of rotatable bonds is 3. The van der Waals surface area contributed by atoms with E-state index >= 15 is 0 Å². The largest absolute Gasteiger partial charge is 0.418 e. The molecule has 3 rings (SSSR count). The van der Waals surface area contributed by atoms with Crippen LogP contribution in [0.3, 0.4) is 0 Å². The van der Waals surface area contributed by atoms with E-state index in [1.807, 2.05) is 32.9 Å². The molecular formula is C21H25F3N2O2S. The lowest BCUT2D eigenvalue weighted by Gasteiger charge is -2.32. The van der Waals surface area contributed by atoms with Crippen molar-refractivity contribution in [2.75, 3.05) is 13.1 Å². The molecule has 158 valence electrons. The molecule has 0 bridgehead atoms. The second kappa shape index (κ2) is 7.72. The zero-order chi connectivity index (χ0) is 21.4. The van der Waals surface area contributed by atoms with E-state index in [4.69, 9.17) is 0 Å². The molecule has 29 heavy (non-hydrogen) atoms. The smallest absolute Gasteiger partial charge is 0.260 e. The molecule has 2 heterocycles. The van der Waals surface area contributed by atoms with Gasteiger partial charge in [0, 0.05) is 25.2 Å². The molecule has 0 spiro atoms. The summed E-state index contributed by atoms with van der Waals surface area (Å²) in [5.41, 5.74) is 0.218. The lowest BCUT2D eigenvalue weighted by molar-refractivity contribution is -0.138. The Labute approximate surface area is 169 Å². The summed E-state index contributed by atoms with van der Waals surface area (Å²) in [5.74, 6) is -0.414. The summed E-state index contributed by atoms with van der Waals surface area (Å²) in [6.07, 6.45) is -2.51. The molecule has 0 atom stereocenters. The van der Waals surface area contributed by atoms with Crippen molar-refractivity contribution in [1.82, 2.24) is 9.29 Å². The fraction of sp³-hybridized carbons (Fsp3) is 0.476. The summed E-state index contributed by atoms with van der Waals surface area (Å²) >= 11 is 0. The van der Waals surface area contributed by atoms with Gasteiger partial charge >= 0.3 is 6.18 Å². The second-order valence-electron chi connectivity index (χ2n) is 8.39. The number of sulfonamides is 1. The first-order valence-corrected chi connectivity index (χ1v) is 11.0. The zero-order valence-electron chi connectivity index (χ0n) is 16.7. The number of nitrogens with zero attached hydrogens (tertiary/aromatic N) is 2. The first kappa shape index (κ1) is 21.8. The number of aromatic nitrogens is 1. The Morgan fingerprint density at radius 1 is 1.00 bits per heavy atom. The maximum atomic E-state index is 13.3. The van der Waals surface area contributed by atoms with Crippen LogP contribution in [-0.4, -0.2) is 30.8 Å². The van der Waals surface area contributed by atoms with E-state index in [2.05, 4.69) is 4.98 Å². The van der Waals surface area contributed by atoms with E-state index in [1.165, 1.54) is 16.6 Å². The highest BCUT2D eigenvalue weighted by Gasteiger charge is 2.38. The molecule has 0 aliphatic carbocycles. The zero-order valence-corrected chi connectivity index (χ0v) is 17.5. The van der Waals surface area contributed by atoms with Gasteiger partial charge in [0.15, 0.2) is 0 Å². The predicted molar refractivity (Wildman–Crippen MR) is 105 cm³/mol. The summed E-state index contributed by atoms with van der Waals surface area (Å²) in [5, 5.41) is 0. The predicted octanol–water partition coefficient (Wildman–Crippen LogP) is 4.97. The van der Waals surface area contributed by atoms with Crippen molar-refractivity contribution in [3.05, 3.63) is 59.4 Å². The van der Waals surface area contributed by atoms with Gasteiger partial charge in [0.25, 0.3) is 0 Å². The summed E-state index contributed by atoms with van der Waals surface area (Å²) in [7, 11) is -3.68. The van der Waals surface area contributed by atoms with E-state index in [9.17, 15) is 21.6 Å². The van der Waals surface area contributed by atoms with E-state index in [0.29, 0.717) is 12.8 Å². The summed E-state index contributed by atoms with van der Waals surface area (Å²) in [6.45, 7) is 6.49. The Bertz CT molecular complexity index is 957. The molecule has 1 aromatic heterocycles. The lowest BCUT2D eigenvalue weighted by Crippen LogP contribution is -2.38. The van der Waals surface area contributed by atoms with Gasteiger partial charge in [-0.05, 0) is 48.1 Å². The van der Waals surface area contributed by atoms with Gasteiger partial charge in [-0.2, -0.15) is 17.5 Å². The number of alkyl halides is 3. The van der Waals surface area contributed by atoms with Gasteiger partial charge in [-0.1, -0.05) is 32.9 Å². The minimum absolute atomic E-state index is 0.00609. The molecule has 8 heteroatoms. The van der Waals surface area contributed by atoms with Crippen molar-refractivity contribution >= 4 is 10.0 Å². The van der Waals surface area contributed by atoms with Crippen LogP contribution < -0.4 is 0 Å². The Kier molecular flexibility index (Phi) is 5.80. The van der Waals surface area contributed by atoms with Gasteiger partial charge in [0.1, 0.15) is 0 Å². The molecule has 1 aromatic carbocycles. The maximum absolute atomic E-state index is 13.3. The number of hydrogen-bond acceptors (Lipinski definition) is 3. The molecule has 1 aliphatic rings. The first-order chi connectivity index (χ1) is 13.4. The number of piperidine rings is 1. The molecule has 0 radical (unpaired) electrons. The Morgan fingerprint density at radius 2 is 1.59 bits per heavy atom. The molecule has 4 nitrogen and oxygen atoms in total. The van der Waals surface area contributed by atoms with Crippen molar-refractivity contribution in [1.29, 1.82) is 0 Å². The number of benzene rings is 1. The first-order valence-electron chi connectivity index (χ1n) is 9.53. The van der Waals surface area contributed by atoms with Crippen LogP contribution in [-0.2, 0) is 21.6 Å². The van der Waals surface area contributed by atoms with Crippen LogP contribution in [0.5, 0.6) is 0 Å². The van der Waals surface area contributed by atoms with Crippen LogP contribution in [0.4, 0.5) is 13.2 Å². The van der Waals surface area contributed by atoms with Gasteiger partial charge in [0.2, 0.25) is 10.0 Å². The second-order valence-corrected chi connectivity index (χ2v) is 10.3. The highest BCUT2D eigenvalue weighted by molar-refractivity contribution is 7.89. The Hall–Kier alpha value is -1.93. The van der Waals surface area contributed by atoms with Crippen LogP contribution in [0, 0.1) is 0 Å². The number of pyridine rings is 1. The average Bonchev–Trinajstić information content (AvgIpc) is 2.67. The number of halogens is 3. The van der Waals surface area contributed by atoms with Gasteiger partial charge in [-0.15, -0.1) is 0 Å². The third-order valence-electron chi connectivity index (χ3n) is 5.34. The quantitative estimate of drug-likeness (QED) is 0.697. The van der Waals surface area contributed by atoms with Gasteiger partial charge in [-0.3, -0.25) is 4.98 Å². The van der Waals surface area contributed by atoms with Crippen LogP contribution >= 0.6 is 0 Å². The summed E-state index contributed by atoms with van der Waals surface area (Å²) in [6, 6.07) is 9.12. The maximum Gasteiger partial charge on any atom is 0.418 e. The summed E-state index contributed by atoms with van der Waals surface area (Å²) in [4.78, 5) is 4.17. The molecular weight excluding hydrogens is 401 g/mol. The van der Waals surface area contributed by atoms with Gasteiger partial charge < -0.3 is 0 Å². The average molecular weight is 427 g/mol. The number of hydrogen-bond donors (Lipinski definition) is 0. The van der Waals surface area contributed by atoms with Crippen molar-refractivity contribution < 1.29 is 21.6 Å². The Morgan fingerprint density at radius 3 is 2.10 bits per heavy atom. The topological polar surface area (TPSA) is 50.3 Å². The molecule has 0 unspecified atom stereocenters. The molecule has 0 N–H and O–H groups in total. The molecule has 1 saturated heterocycles. The van der Waals surface area contributed by atoms with E-state index < -0.39 is 27.7 Å². The molecule has 1 aliphatic heterocycles. The Balaban J connectivity index is 1.76. The minimum Gasteiger partial charge on any atom is -0.260 e. The molecule has 0 saturated carbocycles. The van der Waals surface area contributed by atoms with Crippen LogP contribution in [0.1, 0.15) is 56.4 Å². The minimum atomic E-state index is -4.47. The lowest BCUT2D eigenvalue weighted by atomic mass is 9.87. The SMILES string of the molecule is CC(C)(C)c1ccc(S(=O)(=O)N2CCC(c3ncccc3C(F)(F)F)CC2)cc1. The monoisotopic (exact) mass is 426 g/mol. The van der Waals surface area contributed by atoms with Gasteiger partial charge in [0.05, 0.1) is 16.2 Å². The van der Waals surface area contributed by atoms with Gasteiger partial charge in [-0.25, -0.2) is 8.42 Å². The molecule has 1 fully saturated rings. The van der Waals surface area contributed by atoms with Crippen LogP contribution in [0.2, 0.25) is 0 Å². The van der Waals surface area contributed by atoms with E-state index in [1.54, 1.807) is 12.1 Å². The van der Waals surface area contributed by atoms with E-state index in [0.717, 1.165) is 11.6 Å². The molecule has 0 amide bonds. The standard InChI is InChI=1S/C21H25F3N2O2S/c1-20(2,3)16-6-8-17(9-7-16)29(27,28)26-13-10-15(11-14-26)19-18(21(22,23)24)5-4-12-25-19/h4-9,12,15H,10-11,13-14H2,1-3H3. The van der Waals surface area contributed by atoms with Crippen molar-refractivity contribution in [2.45, 2.75) is 56.0 Å². The highest BCUT2D eigenvalue weighted by Crippen LogP contribution is 2.38. The fourth-order valence-corrected chi connectivity index (χ4v) is 5.10. The third kappa shape index (κ3) is 4.64. The highest BCUT2D eigenvalue weighted by atomic mass is 32.2. The fourth-order valence-electron chi connectivity index (χ4n) is 3.63. The third-order valence-corrected chi connectivity index (χ3v) is 7.26.